The van der Waals surface area contributed by atoms with Crippen molar-refractivity contribution in [2.24, 2.45) is 0 Å². The van der Waals surface area contributed by atoms with Crippen LogP contribution >= 0.6 is 0 Å². The van der Waals surface area contributed by atoms with Gasteiger partial charge in [-0.2, -0.15) is 0 Å². The fourth-order valence-electron chi connectivity index (χ4n) is 10.6. The second-order valence-corrected chi connectivity index (χ2v) is 20.5. The van der Waals surface area contributed by atoms with Gasteiger partial charge in [0.25, 0.3) is 0 Å². The summed E-state index contributed by atoms with van der Waals surface area (Å²) in [6.07, 6.45) is 17.7. The van der Waals surface area contributed by atoms with Crippen LogP contribution in [0.2, 0.25) is 16.6 Å². The summed E-state index contributed by atoms with van der Waals surface area (Å²) in [7, 11) is -1.68. The summed E-state index contributed by atoms with van der Waals surface area (Å²) >= 11 is 0. The van der Waals surface area contributed by atoms with Crippen molar-refractivity contribution in [3.63, 3.8) is 0 Å². The molecule has 0 N–H and O–H groups in total. The smallest absolute Gasteiger partial charge is 0.164 e. The van der Waals surface area contributed by atoms with E-state index in [1.54, 1.807) is 5.19 Å². The highest BCUT2D eigenvalue weighted by Crippen LogP contribution is 2.58. The predicted octanol–water partition coefficient (Wildman–Crippen LogP) is 12.7. The third-order valence-electron chi connectivity index (χ3n) is 12.9. The first-order valence-corrected chi connectivity index (χ1v) is 22.2. The molecule has 0 unspecified atom stereocenters. The summed E-state index contributed by atoms with van der Waals surface area (Å²) in [4.78, 5) is 14.8. The highest BCUT2D eigenvalue weighted by Gasteiger charge is 2.55. The van der Waals surface area contributed by atoms with Gasteiger partial charge in [-0.1, -0.05) is 216 Å². The van der Waals surface area contributed by atoms with Crippen LogP contribution in [0.1, 0.15) is 77.0 Å². The van der Waals surface area contributed by atoms with Crippen LogP contribution in [-0.2, 0) is 0 Å². The fourth-order valence-corrected chi connectivity index (χ4v) is 18.8. The summed E-state index contributed by atoms with van der Waals surface area (Å²) in [6, 6.07) is 48.4. The Bertz CT molecular complexity index is 1990. The van der Waals surface area contributed by atoms with Gasteiger partial charge in [-0.05, 0) is 38.9 Å². The van der Waals surface area contributed by atoms with E-state index in [-0.39, 0.29) is 0 Å². The molecular formula is C48H49N3Si. The van der Waals surface area contributed by atoms with Crippen LogP contribution in [0.5, 0.6) is 0 Å². The molecule has 0 spiro atoms. The maximum atomic E-state index is 4.96. The van der Waals surface area contributed by atoms with Gasteiger partial charge in [0.2, 0.25) is 0 Å². The summed E-state index contributed by atoms with van der Waals surface area (Å²) in [5, 5.41) is 1.80. The molecule has 52 heavy (non-hydrogen) atoms. The first-order chi connectivity index (χ1) is 25.8. The molecular weight excluding hydrogens is 647 g/mol. The third kappa shape index (κ3) is 6.25. The van der Waals surface area contributed by atoms with E-state index in [0.29, 0.717) is 17.5 Å². The Morgan fingerprint density at radius 3 is 1.02 bits per heavy atom. The molecule has 9 rings (SSSR count). The van der Waals surface area contributed by atoms with Crippen LogP contribution < -0.4 is 5.19 Å². The summed E-state index contributed by atoms with van der Waals surface area (Å²) < 4.78 is 0. The van der Waals surface area contributed by atoms with Gasteiger partial charge in [-0.3, -0.25) is 0 Å². The zero-order chi connectivity index (χ0) is 34.7. The van der Waals surface area contributed by atoms with Gasteiger partial charge in [-0.15, -0.1) is 0 Å². The zero-order valence-corrected chi connectivity index (χ0v) is 31.3. The molecule has 5 aromatic carbocycles. The average molecular weight is 696 g/mol. The maximum Gasteiger partial charge on any atom is 0.164 e. The highest BCUT2D eigenvalue weighted by molar-refractivity contribution is 6.95. The van der Waals surface area contributed by atoms with E-state index < -0.39 is 8.07 Å². The van der Waals surface area contributed by atoms with E-state index in [2.05, 4.69) is 97.1 Å². The van der Waals surface area contributed by atoms with Crippen LogP contribution in [0.25, 0.3) is 56.4 Å². The molecule has 0 amide bonds. The second kappa shape index (κ2) is 14.8. The van der Waals surface area contributed by atoms with E-state index >= 15 is 0 Å². The molecule has 1 aromatic heterocycles. The minimum absolute atomic E-state index is 0.683. The lowest BCUT2D eigenvalue weighted by Crippen LogP contribution is -2.57. The van der Waals surface area contributed by atoms with Crippen molar-refractivity contribution < 1.29 is 0 Å². The van der Waals surface area contributed by atoms with Crippen molar-refractivity contribution in [1.29, 1.82) is 0 Å². The molecule has 3 aliphatic carbocycles. The van der Waals surface area contributed by atoms with Gasteiger partial charge in [0.1, 0.15) is 0 Å². The molecule has 260 valence electrons. The Morgan fingerprint density at radius 1 is 0.327 bits per heavy atom. The molecule has 6 aromatic rings. The molecule has 3 fully saturated rings. The zero-order valence-electron chi connectivity index (χ0n) is 30.3. The number of nitrogens with zero attached hydrogens (tertiary/aromatic N) is 3. The monoisotopic (exact) mass is 695 g/mol. The lowest BCUT2D eigenvalue weighted by Gasteiger charge is -2.47. The van der Waals surface area contributed by atoms with E-state index in [1.165, 1.54) is 99.3 Å². The standard InChI is InChI=1S/C48H49N3Si/c1-3-15-37(16-4-1)46-49-47(38-17-5-2-6-18-38)51-48(50-46)39-29-27-35(28-30-39)44-25-13-14-26-45(44)36-31-33-43(34-32-36)52(40-19-7-8-20-40,41-21-9-10-22-41)42-23-11-12-24-42/h1-6,13-18,25-34,40-42H,7-12,19-24H2. The Hall–Kier alpha value is -4.67. The van der Waals surface area contributed by atoms with Crippen LogP contribution in [0.4, 0.5) is 0 Å². The number of hydrogen-bond donors (Lipinski definition) is 0. The molecule has 4 heteroatoms. The molecule has 0 saturated heterocycles. The van der Waals surface area contributed by atoms with E-state index in [9.17, 15) is 0 Å². The fraction of sp³-hybridized carbons (Fsp3) is 0.312. The molecule has 0 atom stereocenters. The molecule has 3 nitrogen and oxygen atoms in total. The van der Waals surface area contributed by atoms with E-state index in [1.807, 2.05) is 36.4 Å². The number of aromatic nitrogens is 3. The van der Waals surface area contributed by atoms with E-state index in [4.69, 9.17) is 15.0 Å². The lowest BCUT2D eigenvalue weighted by molar-refractivity contribution is 0.688. The van der Waals surface area contributed by atoms with Gasteiger partial charge < -0.3 is 0 Å². The SMILES string of the molecule is c1ccc(-c2nc(-c3ccccc3)nc(-c3ccc(-c4ccccc4-c4ccc([Si](C5CCCC5)(C5CCCC5)C5CCCC5)cc4)cc3)n2)cc1. The van der Waals surface area contributed by atoms with Crippen molar-refractivity contribution in [2.75, 3.05) is 0 Å². The van der Waals surface area contributed by atoms with Gasteiger partial charge in [0.05, 0.1) is 8.07 Å². The Morgan fingerprint density at radius 2 is 0.635 bits per heavy atom. The number of benzene rings is 5. The molecule has 0 radical (unpaired) electrons. The largest absolute Gasteiger partial charge is 0.208 e. The van der Waals surface area contributed by atoms with Crippen molar-refractivity contribution in [1.82, 2.24) is 15.0 Å². The first kappa shape index (κ1) is 33.2. The van der Waals surface area contributed by atoms with Crippen molar-refractivity contribution in [2.45, 2.75) is 93.7 Å². The molecule has 0 aliphatic heterocycles. The quantitative estimate of drug-likeness (QED) is 0.141. The third-order valence-corrected chi connectivity index (χ3v) is 20.0. The van der Waals surface area contributed by atoms with Crippen LogP contribution in [0.15, 0.2) is 133 Å². The Labute approximate surface area is 310 Å². The lowest BCUT2D eigenvalue weighted by atomic mass is 9.94. The van der Waals surface area contributed by atoms with E-state index in [0.717, 1.165) is 33.3 Å². The van der Waals surface area contributed by atoms with Crippen molar-refractivity contribution >= 4 is 13.3 Å². The van der Waals surface area contributed by atoms with Crippen LogP contribution in [0.3, 0.4) is 0 Å². The summed E-state index contributed by atoms with van der Waals surface area (Å²) in [5.74, 6) is 2.05. The first-order valence-electron chi connectivity index (χ1n) is 19.9. The predicted molar refractivity (Wildman–Crippen MR) is 219 cm³/mol. The minimum Gasteiger partial charge on any atom is -0.208 e. The van der Waals surface area contributed by atoms with Gasteiger partial charge in [0, 0.05) is 16.7 Å². The van der Waals surface area contributed by atoms with Crippen LogP contribution in [-0.4, -0.2) is 23.0 Å². The van der Waals surface area contributed by atoms with Gasteiger partial charge in [0.15, 0.2) is 17.5 Å². The topological polar surface area (TPSA) is 38.7 Å². The normalized spacial score (nSPS) is 17.2. The summed E-state index contributed by atoms with van der Waals surface area (Å²) in [5.41, 5.74) is 11.0. The molecule has 0 bridgehead atoms. The minimum atomic E-state index is -1.68. The highest BCUT2D eigenvalue weighted by atomic mass is 28.3. The van der Waals surface area contributed by atoms with Crippen molar-refractivity contribution in [3.8, 4) is 56.4 Å². The average Bonchev–Trinajstić information content (AvgIpc) is 4.06. The molecule has 3 aliphatic rings. The Balaban J connectivity index is 1.05. The maximum absolute atomic E-state index is 4.96. The summed E-state index contributed by atoms with van der Waals surface area (Å²) in [6.45, 7) is 0. The Kier molecular flexibility index (Phi) is 9.41. The van der Waals surface area contributed by atoms with Gasteiger partial charge in [-0.25, -0.2) is 15.0 Å². The van der Waals surface area contributed by atoms with Gasteiger partial charge >= 0.3 is 0 Å². The number of hydrogen-bond acceptors (Lipinski definition) is 3. The number of rotatable bonds is 9. The molecule has 1 heterocycles. The second-order valence-electron chi connectivity index (χ2n) is 15.6. The molecule has 3 saturated carbocycles. The van der Waals surface area contributed by atoms with Crippen LogP contribution in [0, 0.1) is 0 Å². The van der Waals surface area contributed by atoms with Crippen molar-refractivity contribution in [3.05, 3.63) is 133 Å².